The van der Waals surface area contributed by atoms with Gasteiger partial charge in [-0.25, -0.2) is 4.79 Å². The number of carbonyl (C=O) groups is 1. The summed E-state index contributed by atoms with van der Waals surface area (Å²) in [5.74, 6) is 6.01. The van der Waals surface area contributed by atoms with Gasteiger partial charge in [0.1, 0.15) is 6.10 Å². The molecular formula is C39H58O4. The molecular weight excluding hydrogens is 532 g/mol. The van der Waals surface area contributed by atoms with E-state index in [4.69, 9.17) is 9.47 Å². The molecule has 0 bridgehead atoms. The van der Waals surface area contributed by atoms with Crippen molar-refractivity contribution in [3.05, 3.63) is 41.5 Å². The zero-order valence-corrected chi connectivity index (χ0v) is 28.0. The lowest BCUT2D eigenvalue weighted by Crippen LogP contribution is -2.51. The van der Waals surface area contributed by atoms with Gasteiger partial charge in [0.25, 0.3) is 0 Å². The van der Waals surface area contributed by atoms with Crippen LogP contribution in [0.4, 0.5) is 0 Å². The normalized spacial score (nSPS) is 35.1. The fraction of sp³-hybridized carbons (Fsp3) is 0.718. The Kier molecular flexibility index (Phi) is 9.74. The maximum atomic E-state index is 12.7. The van der Waals surface area contributed by atoms with Crippen molar-refractivity contribution in [3.8, 4) is 11.5 Å². The lowest BCUT2D eigenvalue weighted by atomic mass is 9.47. The zero-order chi connectivity index (χ0) is 30.9. The Balaban J connectivity index is 1.20. The van der Waals surface area contributed by atoms with Crippen molar-refractivity contribution in [1.82, 2.24) is 0 Å². The first kappa shape index (κ1) is 32.2. The van der Waals surface area contributed by atoms with E-state index in [1.807, 2.05) is 0 Å². The predicted octanol–water partition coefficient (Wildman–Crippen LogP) is 10.0. The van der Waals surface area contributed by atoms with Crippen LogP contribution in [0.1, 0.15) is 118 Å². The predicted molar refractivity (Wildman–Crippen MR) is 176 cm³/mol. The molecule has 3 fully saturated rings. The molecule has 0 unspecified atom stereocenters. The molecule has 0 heterocycles. The fourth-order valence-corrected chi connectivity index (χ4v) is 10.6. The summed E-state index contributed by atoms with van der Waals surface area (Å²) in [4.78, 5) is 12.7. The Hall–Kier alpha value is -2.23. The van der Waals surface area contributed by atoms with Crippen molar-refractivity contribution in [3.63, 3.8) is 0 Å². The van der Waals surface area contributed by atoms with Gasteiger partial charge in [-0.05, 0) is 127 Å². The molecule has 4 aliphatic rings. The minimum Gasteiger partial charge on any atom is -0.504 e. The number of aromatic hydroxyl groups is 1. The molecule has 0 radical (unpaired) electrons. The Morgan fingerprint density at radius 3 is 2.58 bits per heavy atom. The summed E-state index contributed by atoms with van der Waals surface area (Å²) < 4.78 is 11.1. The van der Waals surface area contributed by atoms with E-state index < -0.39 is 0 Å². The summed E-state index contributed by atoms with van der Waals surface area (Å²) in [6, 6.07) is 5.05. The third-order valence-electron chi connectivity index (χ3n) is 13.2. The topological polar surface area (TPSA) is 55.8 Å². The highest BCUT2D eigenvalue weighted by molar-refractivity contribution is 5.87. The molecule has 0 aliphatic heterocycles. The second-order valence-corrected chi connectivity index (χ2v) is 15.5. The Labute approximate surface area is 261 Å². The molecule has 0 aromatic heterocycles. The van der Waals surface area contributed by atoms with Gasteiger partial charge in [0.05, 0.1) is 7.11 Å². The van der Waals surface area contributed by atoms with E-state index in [-0.39, 0.29) is 23.2 Å². The molecule has 5 rings (SSSR count). The standard InChI is InChI=1S/C39H58O4/c1-8-28(25(2)3)12-9-26(4)32-15-16-33-31-14-13-29-24-30(19-21-38(29,5)34(31)20-22-39(32,33)6)43-37(41)18-11-27-10-17-35(40)36(23-27)42-7/h10-11,13,17-18,23,25-26,28,30-34,40H,8-9,12,14-16,19-22,24H2,1-7H3/b18-11-/t26-,28-,30+,31+,32-,33+,34+,38+,39-/m1/s1. The largest absolute Gasteiger partial charge is 0.504 e. The summed E-state index contributed by atoms with van der Waals surface area (Å²) in [5, 5.41) is 9.82. The van der Waals surface area contributed by atoms with E-state index in [1.54, 1.807) is 29.8 Å². The molecule has 4 aliphatic carbocycles. The van der Waals surface area contributed by atoms with E-state index >= 15 is 0 Å². The Morgan fingerprint density at radius 1 is 1.07 bits per heavy atom. The molecule has 3 saturated carbocycles. The van der Waals surface area contributed by atoms with Crippen LogP contribution >= 0.6 is 0 Å². The van der Waals surface area contributed by atoms with Gasteiger partial charge >= 0.3 is 5.97 Å². The highest BCUT2D eigenvalue weighted by Crippen LogP contribution is 2.67. The number of esters is 1. The number of hydrogen-bond donors (Lipinski definition) is 1. The number of allylic oxidation sites excluding steroid dienone is 1. The molecule has 43 heavy (non-hydrogen) atoms. The van der Waals surface area contributed by atoms with Crippen LogP contribution in [0.15, 0.2) is 35.9 Å². The van der Waals surface area contributed by atoms with Gasteiger partial charge in [-0.3, -0.25) is 0 Å². The minimum atomic E-state index is -0.298. The van der Waals surface area contributed by atoms with Crippen LogP contribution in [0.25, 0.3) is 6.08 Å². The van der Waals surface area contributed by atoms with Gasteiger partial charge in [0.15, 0.2) is 11.5 Å². The molecule has 0 saturated heterocycles. The van der Waals surface area contributed by atoms with Crippen molar-refractivity contribution >= 4 is 12.0 Å². The van der Waals surface area contributed by atoms with Crippen LogP contribution in [-0.2, 0) is 9.53 Å². The maximum absolute atomic E-state index is 12.7. The average Bonchev–Trinajstić information content (AvgIpc) is 3.34. The van der Waals surface area contributed by atoms with Gasteiger partial charge < -0.3 is 14.6 Å². The van der Waals surface area contributed by atoms with Crippen LogP contribution in [0.5, 0.6) is 11.5 Å². The summed E-state index contributed by atoms with van der Waals surface area (Å²) in [6.07, 6.45) is 19.6. The van der Waals surface area contributed by atoms with E-state index in [2.05, 4.69) is 47.6 Å². The van der Waals surface area contributed by atoms with Gasteiger partial charge in [0, 0.05) is 12.5 Å². The molecule has 1 aromatic carbocycles. The zero-order valence-electron chi connectivity index (χ0n) is 28.0. The summed E-state index contributed by atoms with van der Waals surface area (Å²) in [6.45, 7) is 15.0. The number of carbonyl (C=O) groups excluding carboxylic acids is 1. The molecule has 4 nitrogen and oxygen atoms in total. The highest BCUT2D eigenvalue weighted by atomic mass is 16.5. The lowest BCUT2D eigenvalue weighted by Gasteiger charge is -2.58. The van der Waals surface area contributed by atoms with Crippen LogP contribution < -0.4 is 4.74 Å². The highest BCUT2D eigenvalue weighted by Gasteiger charge is 2.59. The third-order valence-corrected chi connectivity index (χ3v) is 13.2. The van der Waals surface area contributed by atoms with Crippen molar-refractivity contribution < 1.29 is 19.4 Å². The number of ether oxygens (including phenoxy) is 2. The SMILES string of the molecule is CC[C@H](CC[C@@H](C)[C@H]1CC[C@H]2[C@@H]3CC=C4C[C@@H](OC(=O)/C=C\c5ccc(O)c(OC)c5)CC[C@]4(C)[C@H]3CC[C@]12C)C(C)C. The second kappa shape index (κ2) is 13.0. The third kappa shape index (κ3) is 6.32. The number of rotatable bonds is 10. The number of phenolic OH excluding ortho intramolecular Hbond substituents is 1. The van der Waals surface area contributed by atoms with Gasteiger partial charge in [-0.2, -0.15) is 0 Å². The number of methoxy groups -OCH3 is 1. The van der Waals surface area contributed by atoms with E-state index in [9.17, 15) is 9.90 Å². The molecule has 1 N–H and O–H groups in total. The van der Waals surface area contributed by atoms with Crippen molar-refractivity contribution in [2.24, 2.45) is 52.3 Å². The van der Waals surface area contributed by atoms with E-state index in [0.717, 1.165) is 66.3 Å². The molecule has 4 heteroatoms. The van der Waals surface area contributed by atoms with Crippen LogP contribution in [0.3, 0.4) is 0 Å². The van der Waals surface area contributed by atoms with Crippen LogP contribution in [0, 0.1) is 52.3 Å². The van der Waals surface area contributed by atoms with Crippen molar-refractivity contribution in [2.75, 3.05) is 7.11 Å². The van der Waals surface area contributed by atoms with Crippen molar-refractivity contribution in [2.45, 2.75) is 118 Å². The second-order valence-electron chi connectivity index (χ2n) is 15.5. The van der Waals surface area contributed by atoms with Crippen LogP contribution in [-0.4, -0.2) is 24.3 Å². The van der Waals surface area contributed by atoms with Crippen LogP contribution in [0.2, 0.25) is 0 Å². The molecule has 0 amide bonds. The molecule has 9 atom stereocenters. The van der Waals surface area contributed by atoms with Gasteiger partial charge in [0.2, 0.25) is 0 Å². The summed E-state index contributed by atoms with van der Waals surface area (Å²) >= 11 is 0. The van der Waals surface area contributed by atoms with Gasteiger partial charge in [-0.15, -0.1) is 0 Å². The monoisotopic (exact) mass is 590 g/mol. The summed E-state index contributed by atoms with van der Waals surface area (Å²) in [7, 11) is 1.52. The first-order chi connectivity index (χ1) is 20.5. The smallest absolute Gasteiger partial charge is 0.331 e. The molecule has 1 aromatic rings. The van der Waals surface area contributed by atoms with Gasteiger partial charge in [-0.1, -0.05) is 72.1 Å². The first-order valence-corrected chi connectivity index (χ1v) is 17.4. The fourth-order valence-electron chi connectivity index (χ4n) is 10.6. The van der Waals surface area contributed by atoms with Crippen molar-refractivity contribution in [1.29, 1.82) is 0 Å². The Bertz CT molecular complexity index is 1200. The number of fused-ring (bicyclic) bond motifs is 5. The average molecular weight is 591 g/mol. The molecule has 0 spiro atoms. The Morgan fingerprint density at radius 2 is 1.86 bits per heavy atom. The first-order valence-electron chi connectivity index (χ1n) is 17.4. The molecule has 238 valence electrons. The number of benzene rings is 1. The summed E-state index contributed by atoms with van der Waals surface area (Å²) in [5.41, 5.74) is 3.09. The van der Waals surface area contributed by atoms with E-state index in [0.29, 0.717) is 11.2 Å². The number of phenols is 1. The quantitative estimate of drug-likeness (QED) is 0.167. The number of hydrogen-bond acceptors (Lipinski definition) is 4. The lowest BCUT2D eigenvalue weighted by molar-refractivity contribution is -0.145. The minimum absolute atomic E-state index is 0.0502. The van der Waals surface area contributed by atoms with E-state index in [1.165, 1.54) is 64.6 Å². The maximum Gasteiger partial charge on any atom is 0.331 e.